The van der Waals surface area contributed by atoms with Crippen molar-refractivity contribution >= 4 is 19.8 Å². The summed E-state index contributed by atoms with van der Waals surface area (Å²) in [7, 11) is -4.78. The lowest BCUT2D eigenvalue weighted by molar-refractivity contribution is -0.161. The summed E-state index contributed by atoms with van der Waals surface area (Å²) in [5.41, 5.74) is 0. The molecule has 0 radical (unpaired) electrons. The number of phosphoric ester groups is 1. The van der Waals surface area contributed by atoms with Crippen LogP contribution in [0.15, 0.2) is 72.9 Å². The van der Waals surface area contributed by atoms with Crippen molar-refractivity contribution in [3.63, 3.8) is 0 Å². The number of esters is 2. The van der Waals surface area contributed by atoms with Gasteiger partial charge in [0, 0.05) is 12.8 Å². The summed E-state index contributed by atoms with van der Waals surface area (Å²) in [4.78, 5) is 42.9. The third kappa shape index (κ3) is 44.2. The number of rotatable bonds is 40. The molecule has 0 unspecified atom stereocenters. The van der Waals surface area contributed by atoms with Gasteiger partial charge in [-0.15, -0.1) is 0 Å². The summed E-state index contributed by atoms with van der Waals surface area (Å²) >= 11 is 0. The van der Waals surface area contributed by atoms with Gasteiger partial charge in [0.15, 0.2) is 6.10 Å². The third-order valence-corrected chi connectivity index (χ3v) is 9.68. The lowest BCUT2D eigenvalue weighted by atomic mass is 10.1. The molecule has 0 heterocycles. The average Bonchev–Trinajstić information content (AvgIpc) is 3.17. The van der Waals surface area contributed by atoms with Crippen LogP contribution in [0.25, 0.3) is 0 Å². The number of allylic oxidation sites excluding steroid dienone is 12. The number of unbranched alkanes of at least 4 members (excludes halogenated alkanes) is 18. The minimum atomic E-state index is -4.78. The molecule has 9 heteroatoms. The molecule has 0 saturated heterocycles. The molecule has 0 aromatic carbocycles. The van der Waals surface area contributed by atoms with Crippen molar-refractivity contribution in [1.29, 1.82) is 0 Å². The van der Waals surface area contributed by atoms with Crippen LogP contribution in [0.3, 0.4) is 0 Å². The van der Waals surface area contributed by atoms with Crippen molar-refractivity contribution in [2.45, 2.75) is 200 Å². The number of ether oxygens (including phenoxy) is 2. The number of hydrogen-bond donors (Lipinski definition) is 2. The Morgan fingerprint density at radius 2 is 0.821 bits per heavy atom. The number of phosphoric acid groups is 1. The van der Waals surface area contributed by atoms with Gasteiger partial charge in [-0.25, -0.2) is 4.57 Å². The maximum Gasteiger partial charge on any atom is 0.469 e. The molecule has 0 aliphatic heterocycles. The standard InChI is InChI=1S/C47H81O8P/c1-3-5-7-9-11-13-15-17-19-21-22-23-24-26-28-30-32-34-36-38-40-42-47(49)55-45(44-54-56(50,51)52)43-53-46(48)41-39-37-35-33-31-29-27-25-20-18-16-14-12-10-8-6-4-2/h12,14,18-21,23-24,28,30,34,36,45H,3-11,13,15-17,22,25-27,29,31-33,35,37-44H2,1-2H3,(H2,50,51,52)/b14-12+,20-18+,21-19+,24-23+,30-28+,36-34+/t45-/m1/s1. The molecule has 0 spiro atoms. The number of hydrogen-bond acceptors (Lipinski definition) is 6. The first-order chi connectivity index (χ1) is 27.3. The Labute approximate surface area is 342 Å². The zero-order valence-corrected chi connectivity index (χ0v) is 36.4. The van der Waals surface area contributed by atoms with Crippen LogP contribution < -0.4 is 0 Å². The highest BCUT2D eigenvalue weighted by molar-refractivity contribution is 7.46. The van der Waals surface area contributed by atoms with Crippen molar-refractivity contribution in [3.8, 4) is 0 Å². The van der Waals surface area contributed by atoms with E-state index in [1.165, 1.54) is 96.3 Å². The SMILES string of the molecule is CCCCC/C=C/C/C=C/CCCCCCCCCC(=O)OC[C@H](COP(=O)(O)O)OC(=O)CCC/C=C/C/C=C/C/C=C/C/C=C/CCCCCCCCC. The number of carbonyl (C=O) groups excluding carboxylic acids is 2. The first-order valence-electron chi connectivity index (χ1n) is 22.2. The maximum atomic E-state index is 12.4. The van der Waals surface area contributed by atoms with Gasteiger partial charge in [-0.1, -0.05) is 170 Å². The predicted octanol–water partition coefficient (Wildman–Crippen LogP) is 13.9. The fourth-order valence-corrected chi connectivity index (χ4v) is 6.23. The molecule has 0 aromatic heterocycles. The molecule has 1 atom stereocenters. The van der Waals surface area contributed by atoms with E-state index in [1.54, 1.807) is 0 Å². The Balaban J connectivity index is 4.03. The van der Waals surface area contributed by atoms with E-state index in [0.717, 1.165) is 51.4 Å². The van der Waals surface area contributed by atoms with Crippen molar-refractivity contribution in [1.82, 2.24) is 0 Å². The van der Waals surface area contributed by atoms with E-state index in [0.29, 0.717) is 19.3 Å². The maximum absolute atomic E-state index is 12.4. The van der Waals surface area contributed by atoms with E-state index in [9.17, 15) is 14.2 Å². The lowest BCUT2D eigenvalue weighted by Gasteiger charge is -2.18. The van der Waals surface area contributed by atoms with Crippen LogP contribution in [0.4, 0.5) is 0 Å². The minimum absolute atomic E-state index is 0.131. The van der Waals surface area contributed by atoms with Crippen molar-refractivity contribution in [2.75, 3.05) is 13.2 Å². The molecule has 2 N–H and O–H groups in total. The molecule has 56 heavy (non-hydrogen) atoms. The van der Waals surface area contributed by atoms with Gasteiger partial charge >= 0.3 is 19.8 Å². The van der Waals surface area contributed by atoms with Crippen LogP contribution in [0.1, 0.15) is 194 Å². The molecule has 0 amide bonds. The zero-order valence-electron chi connectivity index (χ0n) is 35.5. The highest BCUT2D eigenvalue weighted by atomic mass is 31.2. The molecule has 322 valence electrons. The fraction of sp³-hybridized carbons (Fsp3) is 0.702. The molecular weight excluding hydrogens is 723 g/mol. The summed E-state index contributed by atoms with van der Waals surface area (Å²) in [5.74, 6) is -0.962. The Morgan fingerprint density at radius 3 is 1.29 bits per heavy atom. The topological polar surface area (TPSA) is 119 Å². The molecule has 0 saturated carbocycles. The van der Waals surface area contributed by atoms with Crippen LogP contribution in [-0.4, -0.2) is 41.0 Å². The summed E-state index contributed by atoms with van der Waals surface area (Å²) in [6.07, 6.45) is 54.9. The van der Waals surface area contributed by atoms with Crippen molar-refractivity contribution in [3.05, 3.63) is 72.9 Å². The van der Waals surface area contributed by atoms with E-state index in [-0.39, 0.29) is 19.4 Å². The Morgan fingerprint density at radius 1 is 0.464 bits per heavy atom. The minimum Gasteiger partial charge on any atom is -0.462 e. The van der Waals surface area contributed by atoms with E-state index in [4.69, 9.17) is 19.3 Å². The normalized spacial score (nSPS) is 13.1. The van der Waals surface area contributed by atoms with Gasteiger partial charge in [0.2, 0.25) is 0 Å². The summed E-state index contributed by atoms with van der Waals surface area (Å²) in [6, 6.07) is 0. The van der Waals surface area contributed by atoms with E-state index in [1.807, 2.05) is 6.08 Å². The first kappa shape index (κ1) is 53.5. The van der Waals surface area contributed by atoms with E-state index in [2.05, 4.69) is 85.2 Å². The van der Waals surface area contributed by atoms with Gasteiger partial charge in [0.25, 0.3) is 0 Å². The van der Waals surface area contributed by atoms with Crippen LogP contribution >= 0.6 is 7.82 Å². The quantitative estimate of drug-likeness (QED) is 0.0272. The first-order valence-corrected chi connectivity index (χ1v) is 23.8. The summed E-state index contributed by atoms with van der Waals surface area (Å²) in [5, 5.41) is 0. The van der Waals surface area contributed by atoms with Crippen LogP contribution in [0.2, 0.25) is 0 Å². The second-order valence-corrected chi connectivity index (χ2v) is 15.9. The summed E-state index contributed by atoms with van der Waals surface area (Å²) in [6.45, 7) is 3.61. The second kappa shape index (κ2) is 42.1. The van der Waals surface area contributed by atoms with Crippen LogP contribution in [-0.2, 0) is 28.2 Å². The average molecular weight is 805 g/mol. The van der Waals surface area contributed by atoms with Gasteiger partial charge in [-0.2, -0.15) is 0 Å². The molecule has 0 aliphatic carbocycles. The Hall–Kier alpha value is -2.51. The van der Waals surface area contributed by atoms with Gasteiger partial charge in [0.1, 0.15) is 6.61 Å². The molecule has 0 fully saturated rings. The largest absolute Gasteiger partial charge is 0.469 e. The third-order valence-electron chi connectivity index (χ3n) is 9.20. The van der Waals surface area contributed by atoms with Gasteiger partial charge in [0.05, 0.1) is 6.61 Å². The molecule has 8 nitrogen and oxygen atoms in total. The Bertz CT molecular complexity index is 1130. The smallest absolute Gasteiger partial charge is 0.462 e. The van der Waals surface area contributed by atoms with Crippen molar-refractivity contribution < 1.29 is 37.9 Å². The highest BCUT2D eigenvalue weighted by Crippen LogP contribution is 2.36. The predicted molar refractivity (Wildman–Crippen MR) is 234 cm³/mol. The van der Waals surface area contributed by atoms with E-state index >= 15 is 0 Å². The molecule has 0 aromatic rings. The van der Waals surface area contributed by atoms with Gasteiger partial charge in [-0.05, 0) is 83.5 Å². The molecule has 0 bridgehead atoms. The Kier molecular flexibility index (Phi) is 40.2. The second-order valence-electron chi connectivity index (χ2n) is 14.7. The molecule has 0 aliphatic rings. The van der Waals surface area contributed by atoms with Crippen LogP contribution in [0, 0.1) is 0 Å². The monoisotopic (exact) mass is 805 g/mol. The summed E-state index contributed by atoms with van der Waals surface area (Å²) < 4.78 is 26.4. The highest BCUT2D eigenvalue weighted by Gasteiger charge is 2.22. The van der Waals surface area contributed by atoms with Crippen molar-refractivity contribution in [2.24, 2.45) is 0 Å². The van der Waals surface area contributed by atoms with Crippen LogP contribution in [0.5, 0.6) is 0 Å². The molecule has 0 rings (SSSR count). The van der Waals surface area contributed by atoms with E-state index < -0.39 is 32.5 Å². The van der Waals surface area contributed by atoms with Gasteiger partial charge < -0.3 is 19.3 Å². The molecular formula is C47H81O8P. The fourth-order valence-electron chi connectivity index (χ4n) is 5.87. The zero-order chi connectivity index (χ0) is 41.1. The lowest BCUT2D eigenvalue weighted by Crippen LogP contribution is -2.29. The van der Waals surface area contributed by atoms with Gasteiger partial charge in [-0.3, -0.25) is 14.1 Å². The number of carbonyl (C=O) groups is 2.